The van der Waals surface area contributed by atoms with Gasteiger partial charge in [0, 0.05) is 11.8 Å². The van der Waals surface area contributed by atoms with Crippen LogP contribution >= 0.6 is 0 Å². The molecule has 0 aliphatic heterocycles. The molecule has 0 fully saturated rings. The first-order valence-electron chi connectivity index (χ1n) is 7.11. The summed E-state index contributed by atoms with van der Waals surface area (Å²) in [6.45, 7) is 0. The van der Waals surface area contributed by atoms with Crippen LogP contribution in [0.2, 0.25) is 0 Å². The van der Waals surface area contributed by atoms with Crippen LogP contribution in [-0.2, 0) is 9.59 Å². The lowest BCUT2D eigenvalue weighted by atomic mass is 10.1. The Balaban J connectivity index is 1.90. The van der Waals surface area contributed by atoms with E-state index in [1.54, 1.807) is 24.3 Å². The van der Waals surface area contributed by atoms with Crippen LogP contribution in [0, 0.1) is 0 Å². The standard InChI is InChI=1S/C17H15N3O5/c1-25-14-4-2-3-13(9-14)19-15(21)16(22)20-18-10-11-5-7-12(8-6-11)17(23)24/h2-10H,1H3,(H,19,21)(H,20,22)(H,23,24)/b18-10-. The van der Waals surface area contributed by atoms with Crippen molar-refractivity contribution in [1.29, 1.82) is 0 Å². The van der Waals surface area contributed by atoms with E-state index in [0.717, 1.165) is 0 Å². The minimum absolute atomic E-state index is 0.138. The minimum atomic E-state index is -1.04. The fourth-order valence-electron chi connectivity index (χ4n) is 1.82. The lowest BCUT2D eigenvalue weighted by Crippen LogP contribution is -2.32. The number of carboxylic acid groups (broad SMARTS) is 1. The molecular weight excluding hydrogens is 326 g/mol. The zero-order valence-electron chi connectivity index (χ0n) is 13.2. The van der Waals surface area contributed by atoms with Crippen LogP contribution in [0.1, 0.15) is 15.9 Å². The summed E-state index contributed by atoms with van der Waals surface area (Å²) in [4.78, 5) is 34.2. The third-order valence-corrected chi connectivity index (χ3v) is 3.07. The van der Waals surface area contributed by atoms with Gasteiger partial charge in [-0.2, -0.15) is 5.10 Å². The van der Waals surface area contributed by atoms with E-state index in [-0.39, 0.29) is 5.56 Å². The molecule has 0 unspecified atom stereocenters. The summed E-state index contributed by atoms with van der Waals surface area (Å²) in [7, 11) is 1.49. The molecule has 8 heteroatoms. The molecule has 0 aliphatic rings. The van der Waals surface area contributed by atoms with Crippen LogP contribution in [0.4, 0.5) is 5.69 Å². The Hall–Kier alpha value is -3.68. The molecule has 2 aromatic rings. The summed E-state index contributed by atoms with van der Waals surface area (Å²) >= 11 is 0. The molecule has 0 spiro atoms. The van der Waals surface area contributed by atoms with E-state index in [9.17, 15) is 14.4 Å². The van der Waals surface area contributed by atoms with Crippen molar-refractivity contribution >= 4 is 29.7 Å². The number of carbonyl (C=O) groups excluding carboxylic acids is 2. The maximum atomic E-state index is 11.8. The molecule has 8 nitrogen and oxygen atoms in total. The van der Waals surface area contributed by atoms with E-state index >= 15 is 0 Å². The second kappa shape index (κ2) is 8.25. The predicted octanol–water partition coefficient (Wildman–Crippen LogP) is 1.48. The Morgan fingerprint density at radius 2 is 1.80 bits per heavy atom. The second-order valence-corrected chi connectivity index (χ2v) is 4.81. The monoisotopic (exact) mass is 341 g/mol. The van der Waals surface area contributed by atoms with Crippen molar-refractivity contribution in [2.75, 3.05) is 12.4 Å². The highest BCUT2D eigenvalue weighted by Crippen LogP contribution is 2.16. The second-order valence-electron chi connectivity index (χ2n) is 4.81. The van der Waals surface area contributed by atoms with Crippen molar-refractivity contribution in [2.45, 2.75) is 0 Å². The highest BCUT2D eigenvalue weighted by molar-refractivity contribution is 6.39. The SMILES string of the molecule is COc1cccc(NC(=O)C(=O)N/N=C\c2ccc(C(=O)O)cc2)c1. The Morgan fingerprint density at radius 3 is 2.44 bits per heavy atom. The summed E-state index contributed by atoms with van der Waals surface area (Å²) in [5, 5.41) is 14.9. The molecular formula is C17H15N3O5. The molecule has 0 saturated carbocycles. The van der Waals surface area contributed by atoms with Crippen LogP contribution in [0.25, 0.3) is 0 Å². The number of anilines is 1. The van der Waals surface area contributed by atoms with Crippen LogP contribution < -0.4 is 15.5 Å². The van der Waals surface area contributed by atoms with E-state index in [1.165, 1.54) is 37.6 Å². The maximum absolute atomic E-state index is 11.8. The molecule has 2 amide bonds. The van der Waals surface area contributed by atoms with Gasteiger partial charge in [0.1, 0.15) is 5.75 Å². The number of benzene rings is 2. The van der Waals surface area contributed by atoms with Crippen molar-refractivity contribution in [2.24, 2.45) is 5.10 Å². The number of ether oxygens (including phenoxy) is 1. The number of aromatic carboxylic acids is 1. The van der Waals surface area contributed by atoms with Gasteiger partial charge in [-0.1, -0.05) is 18.2 Å². The van der Waals surface area contributed by atoms with Crippen molar-refractivity contribution in [3.8, 4) is 5.75 Å². The Labute approximate surface area is 143 Å². The smallest absolute Gasteiger partial charge is 0.335 e. The van der Waals surface area contributed by atoms with Gasteiger partial charge < -0.3 is 15.2 Å². The van der Waals surface area contributed by atoms with Gasteiger partial charge in [0.15, 0.2) is 0 Å². The van der Waals surface area contributed by atoms with Crippen LogP contribution in [-0.4, -0.2) is 36.2 Å². The minimum Gasteiger partial charge on any atom is -0.497 e. The highest BCUT2D eigenvalue weighted by Gasteiger charge is 2.13. The number of rotatable bonds is 5. The molecule has 25 heavy (non-hydrogen) atoms. The topological polar surface area (TPSA) is 117 Å². The van der Waals surface area contributed by atoms with E-state index in [2.05, 4.69) is 15.8 Å². The molecule has 3 N–H and O–H groups in total. The predicted molar refractivity (Wildman–Crippen MR) is 90.8 cm³/mol. The number of hydrogen-bond donors (Lipinski definition) is 3. The first-order valence-corrected chi connectivity index (χ1v) is 7.11. The van der Waals surface area contributed by atoms with E-state index in [4.69, 9.17) is 9.84 Å². The maximum Gasteiger partial charge on any atom is 0.335 e. The molecule has 0 heterocycles. The molecule has 0 atom stereocenters. The van der Waals surface area contributed by atoms with E-state index in [0.29, 0.717) is 17.0 Å². The van der Waals surface area contributed by atoms with Crippen LogP contribution in [0.3, 0.4) is 0 Å². The van der Waals surface area contributed by atoms with Gasteiger partial charge in [-0.15, -0.1) is 0 Å². The average molecular weight is 341 g/mol. The fourth-order valence-corrected chi connectivity index (χ4v) is 1.82. The molecule has 128 valence electrons. The van der Waals surface area contributed by atoms with Crippen LogP contribution in [0.15, 0.2) is 53.6 Å². The molecule has 0 radical (unpaired) electrons. The first kappa shape index (κ1) is 17.7. The van der Waals surface area contributed by atoms with Crippen LogP contribution in [0.5, 0.6) is 5.75 Å². The van der Waals surface area contributed by atoms with E-state index < -0.39 is 17.8 Å². The van der Waals surface area contributed by atoms with Gasteiger partial charge in [0.05, 0.1) is 18.9 Å². The molecule has 0 saturated heterocycles. The quantitative estimate of drug-likeness (QED) is 0.433. The van der Waals surface area contributed by atoms with Gasteiger partial charge >= 0.3 is 17.8 Å². The molecule has 0 bridgehead atoms. The Bertz CT molecular complexity index is 815. The number of nitrogens with zero attached hydrogens (tertiary/aromatic N) is 1. The Kier molecular flexibility index (Phi) is 5.83. The average Bonchev–Trinajstić information content (AvgIpc) is 2.62. The highest BCUT2D eigenvalue weighted by atomic mass is 16.5. The van der Waals surface area contributed by atoms with Crippen molar-refractivity contribution in [1.82, 2.24) is 5.43 Å². The zero-order valence-corrected chi connectivity index (χ0v) is 13.2. The fraction of sp³-hybridized carbons (Fsp3) is 0.0588. The van der Waals surface area contributed by atoms with Gasteiger partial charge in [-0.05, 0) is 29.8 Å². The van der Waals surface area contributed by atoms with Crippen molar-refractivity contribution in [3.05, 3.63) is 59.7 Å². The number of methoxy groups -OCH3 is 1. The molecule has 0 aliphatic carbocycles. The normalized spacial score (nSPS) is 10.3. The number of carboxylic acids is 1. The largest absolute Gasteiger partial charge is 0.497 e. The number of carbonyl (C=O) groups is 3. The third kappa shape index (κ3) is 5.17. The number of nitrogens with one attached hydrogen (secondary N) is 2. The first-order chi connectivity index (χ1) is 12.0. The third-order valence-electron chi connectivity index (χ3n) is 3.07. The van der Waals surface area contributed by atoms with Crippen molar-refractivity contribution < 1.29 is 24.2 Å². The number of amides is 2. The molecule has 2 aromatic carbocycles. The summed E-state index contributed by atoms with van der Waals surface area (Å²) in [6.07, 6.45) is 1.29. The molecule has 2 rings (SSSR count). The summed E-state index contributed by atoms with van der Waals surface area (Å²) < 4.78 is 5.02. The zero-order chi connectivity index (χ0) is 18.2. The van der Waals surface area contributed by atoms with E-state index in [1.807, 2.05) is 0 Å². The number of hydrogen-bond acceptors (Lipinski definition) is 5. The summed E-state index contributed by atoms with van der Waals surface area (Å²) in [5.74, 6) is -2.32. The van der Waals surface area contributed by atoms with Gasteiger partial charge in [-0.3, -0.25) is 9.59 Å². The van der Waals surface area contributed by atoms with Gasteiger partial charge in [-0.25, -0.2) is 10.2 Å². The van der Waals surface area contributed by atoms with Gasteiger partial charge in [0.25, 0.3) is 0 Å². The lowest BCUT2D eigenvalue weighted by Gasteiger charge is -2.05. The summed E-state index contributed by atoms with van der Waals surface area (Å²) in [5.41, 5.74) is 3.20. The Morgan fingerprint density at radius 1 is 1.08 bits per heavy atom. The van der Waals surface area contributed by atoms with Gasteiger partial charge in [0.2, 0.25) is 0 Å². The summed E-state index contributed by atoms with van der Waals surface area (Å²) in [6, 6.07) is 12.4. The number of hydrazone groups is 1. The van der Waals surface area contributed by atoms with Crippen molar-refractivity contribution in [3.63, 3.8) is 0 Å². The molecule has 0 aromatic heterocycles. The lowest BCUT2D eigenvalue weighted by molar-refractivity contribution is -0.136.